The van der Waals surface area contributed by atoms with Crippen molar-refractivity contribution in [1.29, 1.82) is 0 Å². The zero-order valence-corrected chi connectivity index (χ0v) is 25.0. The molecule has 1 aliphatic rings. The molecule has 0 aliphatic carbocycles. The molecule has 44 heavy (non-hydrogen) atoms. The molecule has 0 aromatic heterocycles. The van der Waals surface area contributed by atoms with Gasteiger partial charge < -0.3 is 19.7 Å². The first kappa shape index (κ1) is 31.1. The number of ether oxygens (including phenoxy) is 2. The van der Waals surface area contributed by atoms with Gasteiger partial charge in [0, 0.05) is 62.8 Å². The van der Waals surface area contributed by atoms with Crippen molar-refractivity contribution in [3.8, 4) is 11.5 Å². The van der Waals surface area contributed by atoms with Crippen molar-refractivity contribution < 1.29 is 19.7 Å². The Morgan fingerprint density at radius 3 is 1.30 bits per heavy atom. The standard InChI is InChI=1S/C36H40N4O4/c41-35-15-7-3-9-29(35)25-37-33-13-5-1-11-31(33)27-39-17-21-43-23-19-40(20-24-44-22-18-39)28-32-12-2-6-14-34(32)38-26-30-10-4-8-16-36(30)42/h1-16,25-26,41-42H,17-24,27-28H2. The minimum Gasteiger partial charge on any atom is -0.507 e. The number of aromatic hydroxyl groups is 2. The second kappa shape index (κ2) is 16.5. The van der Waals surface area contributed by atoms with Gasteiger partial charge in [-0.1, -0.05) is 60.7 Å². The molecule has 5 rings (SSSR count). The first-order valence-corrected chi connectivity index (χ1v) is 15.1. The van der Waals surface area contributed by atoms with E-state index in [1.807, 2.05) is 60.7 Å². The highest BCUT2D eigenvalue weighted by molar-refractivity contribution is 5.86. The molecule has 2 N–H and O–H groups in total. The summed E-state index contributed by atoms with van der Waals surface area (Å²) in [7, 11) is 0. The Balaban J connectivity index is 1.16. The van der Waals surface area contributed by atoms with Crippen LogP contribution < -0.4 is 0 Å². The number of rotatable bonds is 8. The number of aliphatic imine (C=N–C) groups is 2. The summed E-state index contributed by atoms with van der Waals surface area (Å²) in [6, 6.07) is 30.6. The van der Waals surface area contributed by atoms with E-state index >= 15 is 0 Å². The Bertz CT molecular complexity index is 1410. The lowest BCUT2D eigenvalue weighted by Crippen LogP contribution is -2.35. The molecule has 0 atom stereocenters. The molecule has 1 heterocycles. The molecule has 0 bridgehead atoms. The van der Waals surface area contributed by atoms with Gasteiger partial charge in [-0.05, 0) is 47.5 Å². The van der Waals surface area contributed by atoms with E-state index in [4.69, 9.17) is 9.47 Å². The lowest BCUT2D eigenvalue weighted by Gasteiger charge is -2.26. The lowest BCUT2D eigenvalue weighted by molar-refractivity contribution is 0.0343. The van der Waals surface area contributed by atoms with Crippen LogP contribution in [0.4, 0.5) is 11.4 Å². The quantitative estimate of drug-likeness (QED) is 0.246. The monoisotopic (exact) mass is 592 g/mol. The predicted molar refractivity (Wildman–Crippen MR) is 176 cm³/mol. The van der Waals surface area contributed by atoms with Crippen LogP contribution >= 0.6 is 0 Å². The highest BCUT2D eigenvalue weighted by Crippen LogP contribution is 2.23. The van der Waals surface area contributed by atoms with Gasteiger partial charge in [-0.3, -0.25) is 19.8 Å². The molecule has 0 saturated carbocycles. The number of hydrogen-bond acceptors (Lipinski definition) is 8. The molecule has 1 saturated heterocycles. The van der Waals surface area contributed by atoms with Crippen molar-refractivity contribution in [3.63, 3.8) is 0 Å². The van der Waals surface area contributed by atoms with Crippen LogP contribution in [-0.2, 0) is 22.6 Å². The number of hydrogen-bond donors (Lipinski definition) is 2. The summed E-state index contributed by atoms with van der Waals surface area (Å²) in [5, 5.41) is 20.2. The van der Waals surface area contributed by atoms with Crippen LogP contribution in [0.5, 0.6) is 11.5 Å². The highest BCUT2D eigenvalue weighted by Gasteiger charge is 2.13. The molecule has 0 spiro atoms. The van der Waals surface area contributed by atoms with Gasteiger partial charge in [0.25, 0.3) is 0 Å². The van der Waals surface area contributed by atoms with E-state index in [1.54, 1.807) is 36.7 Å². The topological polar surface area (TPSA) is 90.1 Å². The maximum absolute atomic E-state index is 10.1. The van der Waals surface area contributed by atoms with E-state index in [1.165, 1.54) is 0 Å². The number of nitrogens with zero attached hydrogens (tertiary/aromatic N) is 4. The molecule has 4 aromatic carbocycles. The Kier molecular flexibility index (Phi) is 11.7. The maximum atomic E-state index is 10.1. The molecular formula is C36H40N4O4. The summed E-state index contributed by atoms with van der Waals surface area (Å²) in [4.78, 5) is 14.1. The van der Waals surface area contributed by atoms with Gasteiger partial charge >= 0.3 is 0 Å². The van der Waals surface area contributed by atoms with Crippen molar-refractivity contribution in [2.24, 2.45) is 9.98 Å². The zero-order valence-electron chi connectivity index (χ0n) is 25.0. The largest absolute Gasteiger partial charge is 0.507 e. The Morgan fingerprint density at radius 2 is 0.886 bits per heavy atom. The summed E-state index contributed by atoms with van der Waals surface area (Å²) < 4.78 is 12.2. The summed E-state index contributed by atoms with van der Waals surface area (Å²) in [5.41, 5.74) is 5.36. The van der Waals surface area contributed by atoms with Crippen LogP contribution in [-0.4, -0.2) is 85.0 Å². The zero-order chi connectivity index (χ0) is 30.4. The van der Waals surface area contributed by atoms with Crippen LogP contribution in [0.2, 0.25) is 0 Å². The van der Waals surface area contributed by atoms with E-state index < -0.39 is 0 Å². The molecule has 0 radical (unpaired) electrons. The second-order valence-corrected chi connectivity index (χ2v) is 10.7. The first-order valence-electron chi connectivity index (χ1n) is 15.1. The number of phenolic OH excluding ortho intramolecular Hbond substituents is 2. The van der Waals surface area contributed by atoms with E-state index in [9.17, 15) is 10.2 Å². The summed E-state index contributed by atoms with van der Waals surface area (Å²) >= 11 is 0. The molecule has 0 unspecified atom stereocenters. The SMILES string of the molecule is Oc1ccccc1C=Nc1ccccc1CN1CCOCCN(Cc2ccccc2N=Cc2ccccc2O)CCOCC1. The maximum Gasteiger partial charge on any atom is 0.124 e. The van der Waals surface area contributed by atoms with E-state index in [0.717, 1.165) is 61.8 Å². The molecule has 228 valence electrons. The molecule has 1 aliphatic heterocycles. The van der Waals surface area contributed by atoms with Gasteiger partial charge in [-0.25, -0.2) is 0 Å². The van der Waals surface area contributed by atoms with Crippen molar-refractivity contribution in [2.45, 2.75) is 13.1 Å². The Labute approximate surface area is 259 Å². The lowest BCUT2D eigenvalue weighted by atomic mass is 10.1. The van der Waals surface area contributed by atoms with Gasteiger partial charge in [0.05, 0.1) is 37.8 Å². The van der Waals surface area contributed by atoms with Crippen molar-refractivity contribution >= 4 is 23.8 Å². The van der Waals surface area contributed by atoms with Gasteiger partial charge in [-0.2, -0.15) is 0 Å². The average Bonchev–Trinajstić information content (AvgIpc) is 3.03. The van der Waals surface area contributed by atoms with Gasteiger partial charge in [0.2, 0.25) is 0 Å². The fourth-order valence-electron chi connectivity index (χ4n) is 5.01. The highest BCUT2D eigenvalue weighted by atomic mass is 16.5. The van der Waals surface area contributed by atoms with Gasteiger partial charge in [0.15, 0.2) is 0 Å². The van der Waals surface area contributed by atoms with E-state index in [0.29, 0.717) is 37.6 Å². The Hall–Kier alpha value is -4.34. The third-order valence-electron chi connectivity index (χ3n) is 7.54. The van der Waals surface area contributed by atoms with Crippen molar-refractivity contribution in [3.05, 3.63) is 119 Å². The fraction of sp³-hybridized carbons (Fsp3) is 0.278. The Morgan fingerprint density at radius 1 is 0.523 bits per heavy atom. The fourth-order valence-corrected chi connectivity index (χ4v) is 5.01. The van der Waals surface area contributed by atoms with Gasteiger partial charge in [-0.15, -0.1) is 0 Å². The minimum atomic E-state index is 0.214. The number of para-hydroxylation sites is 4. The number of benzene rings is 4. The predicted octanol–water partition coefficient (Wildman–Crippen LogP) is 5.95. The second-order valence-electron chi connectivity index (χ2n) is 10.7. The van der Waals surface area contributed by atoms with Crippen molar-refractivity contribution in [2.75, 3.05) is 52.6 Å². The normalized spacial score (nSPS) is 16.2. The molecular weight excluding hydrogens is 552 g/mol. The van der Waals surface area contributed by atoms with Gasteiger partial charge in [0.1, 0.15) is 11.5 Å². The molecule has 1 fully saturated rings. The molecule has 8 nitrogen and oxygen atoms in total. The third kappa shape index (κ3) is 9.33. The third-order valence-corrected chi connectivity index (χ3v) is 7.54. The summed E-state index contributed by atoms with van der Waals surface area (Å²) in [6.07, 6.45) is 3.42. The van der Waals surface area contributed by atoms with Crippen LogP contribution in [0.3, 0.4) is 0 Å². The smallest absolute Gasteiger partial charge is 0.124 e. The average molecular weight is 593 g/mol. The molecule has 0 amide bonds. The minimum absolute atomic E-state index is 0.214. The molecule has 4 aromatic rings. The summed E-state index contributed by atoms with van der Waals surface area (Å²) in [6.45, 7) is 7.08. The van der Waals surface area contributed by atoms with E-state index in [2.05, 4.69) is 31.9 Å². The van der Waals surface area contributed by atoms with E-state index in [-0.39, 0.29) is 11.5 Å². The van der Waals surface area contributed by atoms with Crippen molar-refractivity contribution in [1.82, 2.24) is 9.80 Å². The first-order chi connectivity index (χ1) is 21.7. The van der Waals surface area contributed by atoms with Crippen LogP contribution in [0.1, 0.15) is 22.3 Å². The summed E-state index contributed by atoms with van der Waals surface area (Å²) in [5.74, 6) is 0.429. The van der Waals surface area contributed by atoms with Crippen LogP contribution in [0.25, 0.3) is 0 Å². The van der Waals surface area contributed by atoms with Crippen LogP contribution in [0, 0.1) is 0 Å². The molecule has 8 heteroatoms. The van der Waals surface area contributed by atoms with Crippen LogP contribution in [0.15, 0.2) is 107 Å². The number of phenols is 2.